The van der Waals surface area contributed by atoms with Crippen molar-refractivity contribution in [2.24, 2.45) is 10.1 Å². The molecule has 0 bridgehead atoms. The van der Waals surface area contributed by atoms with Gasteiger partial charge < -0.3 is 4.42 Å². The lowest BCUT2D eigenvalue weighted by Gasteiger charge is -1.97. The van der Waals surface area contributed by atoms with Gasteiger partial charge >= 0.3 is 0 Å². The van der Waals surface area contributed by atoms with E-state index in [-0.39, 0.29) is 0 Å². The fraction of sp³-hybridized carbons (Fsp3) is 0.286. The first-order chi connectivity index (χ1) is 9.06. The molecule has 2 aromatic rings. The van der Waals surface area contributed by atoms with Crippen molar-refractivity contribution in [1.82, 2.24) is 4.68 Å². The molecule has 2 heterocycles. The van der Waals surface area contributed by atoms with Crippen LogP contribution >= 0.6 is 11.3 Å². The third-order valence-electron chi connectivity index (χ3n) is 2.40. The van der Waals surface area contributed by atoms with Crippen molar-refractivity contribution in [2.75, 3.05) is 6.54 Å². The Morgan fingerprint density at radius 3 is 2.89 bits per heavy atom. The number of nitrogens with zero attached hydrogens (tertiary/aromatic N) is 3. The molecular weight excluding hydrogens is 258 g/mol. The van der Waals surface area contributed by atoms with E-state index in [1.165, 1.54) is 0 Å². The molecule has 5 heteroatoms. The smallest absolute Gasteiger partial charge is 0.206 e. The zero-order valence-corrected chi connectivity index (χ0v) is 12.2. The molecular formula is C14H17N3OS. The normalized spacial score (nSPS) is 12.5. The second kappa shape index (κ2) is 5.84. The van der Waals surface area contributed by atoms with Gasteiger partial charge in [-0.2, -0.15) is 5.10 Å². The minimum atomic E-state index is 0.620. The Kier molecular flexibility index (Phi) is 4.16. The molecule has 0 radical (unpaired) electrons. The zero-order chi connectivity index (χ0) is 13.8. The fourth-order valence-corrected chi connectivity index (χ4v) is 2.28. The highest BCUT2D eigenvalue weighted by atomic mass is 32.1. The number of aromatic nitrogens is 1. The van der Waals surface area contributed by atoms with Gasteiger partial charge in [-0.05, 0) is 32.9 Å². The van der Waals surface area contributed by atoms with Crippen molar-refractivity contribution in [3.8, 4) is 0 Å². The highest BCUT2D eigenvalue weighted by Crippen LogP contribution is 2.04. The minimum Gasteiger partial charge on any atom is -0.460 e. The Morgan fingerprint density at radius 2 is 2.26 bits per heavy atom. The quantitative estimate of drug-likeness (QED) is 0.624. The number of hydrogen-bond donors (Lipinski definition) is 0. The second-order valence-corrected chi connectivity index (χ2v) is 5.27. The van der Waals surface area contributed by atoms with Crippen LogP contribution in [-0.2, 0) is 0 Å². The number of thiazole rings is 1. The van der Waals surface area contributed by atoms with E-state index in [0.29, 0.717) is 6.54 Å². The predicted molar refractivity (Wildman–Crippen MR) is 78.7 cm³/mol. The Balaban J connectivity index is 2.29. The molecule has 0 unspecified atom stereocenters. The van der Waals surface area contributed by atoms with Crippen LogP contribution in [0.5, 0.6) is 0 Å². The lowest BCUT2D eigenvalue weighted by molar-refractivity contribution is 0.527. The van der Waals surface area contributed by atoms with Gasteiger partial charge in [0.25, 0.3) is 0 Å². The maximum absolute atomic E-state index is 5.46. The van der Waals surface area contributed by atoms with Crippen LogP contribution in [0.3, 0.4) is 0 Å². The Hall–Kier alpha value is -1.88. The molecule has 2 aromatic heterocycles. The molecule has 2 rings (SSSR count). The largest absolute Gasteiger partial charge is 0.460 e. The van der Waals surface area contributed by atoms with Gasteiger partial charge in [0, 0.05) is 5.38 Å². The molecule has 0 N–H and O–H groups in total. The van der Waals surface area contributed by atoms with Crippen LogP contribution in [0.2, 0.25) is 0 Å². The average Bonchev–Trinajstić information content (AvgIpc) is 2.91. The van der Waals surface area contributed by atoms with E-state index in [1.807, 2.05) is 43.0 Å². The van der Waals surface area contributed by atoms with Gasteiger partial charge in [-0.1, -0.05) is 12.2 Å². The third kappa shape index (κ3) is 3.54. The summed E-state index contributed by atoms with van der Waals surface area (Å²) in [5.74, 6) is 1.61. The summed E-state index contributed by atoms with van der Waals surface area (Å²) < 4.78 is 7.27. The second-order valence-electron chi connectivity index (χ2n) is 4.44. The summed E-state index contributed by atoms with van der Waals surface area (Å²) in [7, 11) is 0. The van der Waals surface area contributed by atoms with E-state index in [0.717, 1.165) is 27.6 Å². The molecule has 0 fully saturated rings. The first-order valence-corrected chi connectivity index (χ1v) is 6.87. The molecule has 0 aliphatic carbocycles. The van der Waals surface area contributed by atoms with Crippen molar-refractivity contribution in [3.05, 3.63) is 51.7 Å². The molecule has 0 spiro atoms. The topological polar surface area (TPSA) is 42.8 Å². The first-order valence-electron chi connectivity index (χ1n) is 5.99. The van der Waals surface area contributed by atoms with Gasteiger partial charge in [0.1, 0.15) is 11.5 Å². The summed E-state index contributed by atoms with van der Waals surface area (Å²) in [5.41, 5.74) is 2.08. The summed E-state index contributed by atoms with van der Waals surface area (Å²) in [6.07, 6.45) is 1.70. The fourth-order valence-electron chi connectivity index (χ4n) is 1.47. The van der Waals surface area contributed by atoms with Crippen LogP contribution in [0, 0.1) is 13.8 Å². The molecule has 100 valence electrons. The Labute approximate surface area is 116 Å². The monoisotopic (exact) mass is 275 g/mol. The molecule has 0 saturated carbocycles. The van der Waals surface area contributed by atoms with Gasteiger partial charge in [0.2, 0.25) is 4.80 Å². The summed E-state index contributed by atoms with van der Waals surface area (Å²) in [6.45, 7) is 10.3. The van der Waals surface area contributed by atoms with E-state index in [9.17, 15) is 0 Å². The number of aryl methyl sites for hydroxylation is 2. The van der Waals surface area contributed by atoms with Crippen LogP contribution < -0.4 is 4.80 Å². The van der Waals surface area contributed by atoms with Crippen LogP contribution in [0.4, 0.5) is 0 Å². The third-order valence-corrected chi connectivity index (χ3v) is 3.37. The van der Waals surface area contributed by atoms with Crippen LogP contribution in [0.25, 0.3) is 0 Å². The Bertz CT molecular complexity index is 673. The van der Waals surface area contributed by atoms with Crippen molar-refractivity contribution in [1.29, 1.82) is 0 Å². The summed E-state index contributed by atoms with van der Waals surface area (Å²) >= 11 is 1.57. The molecule has 0 aliphatic rings. The average molecular weight is 275 g/mol. The van der Waals surface area contributed by atoms with E-state index in [2.05, 4.69) is 16.7 Å². The lowest BCUT2D eigenvalue weighted by atomic mass is 10.4. The van der Waals surface area contributed by atoms with Crippen molar-refractivity contribution >= 4 is 17.6 Å². The molecule has 0 amide bonds. The summed E-state index contributed by atoms with van der Waals surface area (Å²) in [6, 6.07) is 3.81. The molecule has 19 heavy (non-hydrogen) atoms. The summed E-state index contributed by atoms with van der Waals surface area (Å²) in [5, 5.41) is 6.44. The van der Waals surface area contributed by atoms with Gasteiger partial charge in [-0.3, -0.25) is 4.99 Å². The van der Waals surface area contributed by atoms with Crippen LogP contribution in [-0.4, -0.2) is 17.4 Å². The zero-order valence-electron chi connectivity index (χ0n) is 11.4. The number of hydrogen-bond acceptors (Lipinski definition) is 4. The number of furan rings is 1. The van der Waals surface area contributed by atoms with Crippen LogP contribution in [0.1, 0.15) is 24.1 Å². The van der Waals surface area contributed by atoms with Gasteiger partial charge in [0.15, 0.2) is 0 Å². The molecule has 4 nitrogen and oxygen atoms in total. The first kappa shape index (κ1) is 13.5. The van der Waals surface area contributed by atoms with Crippen molar-refractivity contribution in [3.63, 3.8) is 0 Å². The van der Waals surface area contributed by atoms with E-state index in [4.69, 9.17) is 4.42 Å². The molecule has 0 aliphatic heterocycles. The highest BCUT2D eigenvalue weighted by molar-refractivity contribution is 7.07. The van der Waals surface area contributed by atoms with Gasteiger partial charge in [0.05, 0.1) is 18.5 Å². The number of rotatable bonds is 4. The van der Waals surface area contributed by atoms with Crippen molar-refractivity contribution < 1.29 is 4.42 Å². The lowest BCUT2D eigenvalue weighted by Crippen LogP contribution is -2.12. The van der Waals surface area contributed by atoms with E-state index < -0.39 is 0 Å². The molecule has 0 aromatic carbocycles. The molecule has 0 saturated heterocycles. The summed E-state index contributed by atoms with van der Waals surface area (Å²) in [4.78, 5) is 5.34. The highest BCUT2D eigenvalue weighted by Gasteiger charge is 2.00. The minimum absolute atomic E-state index is 0.620. The SMILES string of the molecule is C=C(C)CN=c1scc(C)n1N=Cc1ccc(C)o1. The van der Waals surface area contributed by atoms with E-state index >= 15 is 0 Å². The van der Waals surface area contributed by atoms with Crippen LogP contribution in [0.15, 0.2) is 44.2 Å². The standard InChI is InChI=1S/C14H17N3OS/c1-10(2)7-15-14-17(11(3)9-19-14)16-8-13-6-5-12(4)18-13/h5-6,8-9H,1,7H2,2-4H3. The van der Waals surface area contributed by atoms with E-state index in [1.54, 1.807) is 17.6 Å². The maximum Gasteiger partial charge on any atom is 0.206 e. The van der Waals surface area contributed by atoms with Gasteiger partial charge in [-0.15, -0.1) is 11.3 Å². The van der Waals surface area contributed by atoms with Gasteiger partial charge in [-0.25, -0.2) is 4.68 Å². The molecule has 0 atom stereocenters. The Morgan fingerprint density at radius 1 is 1.47 bits per heavy atom. The predicted octanol–water partition coefficient (Wildman–Crippen LogP) is 3.12. The maximum atomic E-state index is 5.46. The van der Waals surface area contributed by atoms with Crippen molar-refractivity contribution in [2.45, 2.75) is 20.8 Å².